The second-order valence-electron chi connectivity index (χ2n) is 3.39. The third-order valence-electron chi connectivity index (χ3n) is 2.44. The lowest BCUT2D eigenvalue weighted by atomic mass is 10.2. The van der Waals surface area contributed by atoms with Crippen LogP contribution in [0, 0.1) is 6.92 Å². The van der Waals surface area contributed by atoms with Crippen LogP contribution in [-0.2, 0) is 0 Å². The van der Waals surface area contributed by atoms with Gasteiger partial charge in [-0.1, -0.05) is 0 Å². The predicted octanol–water partition coefficient (Wildman–Crippen LogP) is 1.25. The number of fused-ring (bicyclic) bond motifs is 1. The molecule has 1 heterocycles. The highest BCUT2D eigenvalue weighted by molar-refractivity contribution is 5.82. The molecule has 1 aromatic heterocycles. The Morgan fingerprint density at radius 1 is 1.19 bits per heavy atom. The lowest BCUT2D eigenvalue weighted by molar-refractivity contribution is 0.355. The van der Waals surface area contributed by atoms with Crippen LogP contribution in [0.5, 0.6) is 11.5 Å². The van der Waals surface area contributed by atoms with E-state index in [9.17, 15) is 4.79 Å². The van der Waals surface area contributed by atoms with Crippen LogP contribution in [-0.4, -0.2) is 24.4 Å². The normalized spacial score (nSPS) is 10.4. The summed E-state index contributed by atoms with van der Waals surface area (Å²) in [5.74, 6) is 1.10. The Morgan fingerprint density at radius 2 is 1.81 bits per heavy atom. The second-order valence-corrected chi connectivity index (χ2v) is 3.39. The van der Waals surface area contributed by atoms with Gasteiger partial charge in [0.2, 0.25) is 5.43 Å². The molecular weight excluding hydrogens is 208 g/mol. The van der Waals surface area contributed by atoms with Gasteiger partial charge < -0.3 is 9.47 Å². The fourth-order valence-electron chi connectivity index (χ4n) is 1.55. The Bertz CT molecular complexity index is 590. The first-order chi connectivity index (χ1) is 7.67. The van der Waals surface area contributed by atoms with E-state index < -0.39 is 0 Å². The number of nitrogens with one attached hydrogen (secondary N) is 1. The van der Waals surface area contributed by atoms with E-state index in [1.165, 1.54) is 7.11 Å². The molecule has 0 bridgehead atoms. The molecule has 0 atom stereocenters. The fourth-order valence-corrected chi connectivity index (χ4v) is 1.55. The molecule has 0 fully saturated rings. The van der Waals surface area contributed by atoms with Crippen LogP contribution >= 0.6 is 0 Å². The summed E-state index contributed by atoms with van der Waals surface area (Å²) in [7, 11) is 3.08. The first kappa shape index (κ1) is 10.5. The molecule has 0 amide bonds. The van der Waals surface area contributed by atoms with Gasteiger partial charge in [-0.2, -0.15) is 5.10 Å². The number of hydrogen-bond donors (Lipinski definition) is 1. The molecule has 0 aliphatic rings. The number of nitrogens with zero attached hydrogens (tertiary/aromatic N) is 1. The van der Waals surface area contributed by atoms with Crippen molar-refractivity contribution >= 4 is 10.9 Å². The summed E-state index contributed by atoms with van der Waals surface area (Å²) in [5.41, 5.74) is 0.961. The number of aryl methyl sites for hydroxylation is 1. The summed E-state index contributed by atoms with van der Waals surface area (Å²) in [6.45, 7) is 1.66. The third kappa shape index (κ3) is 1.50. The van der Waals surface area contributed by atoms with Crippen molar-refractivity contribution in [3.05, 3.63) is 28.0 Å². The smallest absolute Gasteiger partial charge is 0.210 e. The summed E-state index contributed by atoms with van der Waals surface area (Å²) >= 11 is 0. The van der Waals surface area contributed by atoms with Gasteiger partial charge >= 0.3 is 0 Å². The minimum Gasteiger partial charge on any atom is -0.493 e. The maximum Gasteiger partial charge on any atom is 0.210 e. The number of rotatable bonds is 2. The molecule has 2 rings (SSSR count). The highest BCUT2D eigenvalue weighted by Gasteiger charge is 2.09. The minimum absolute atomic E-state index is 0.102. The van der Waals surface area contributed by atoms with Gasteiger partial charge in [0, 0.05) is 6.07 Å². The van der Waals surface area contributed by atoms with Crippen LogP contribution in [0.2, 0.25) is 0 Å². The summed E-state index contributed by atoms with van der Waals surface area (Å²) in [6.07, 6.45) is 0. The first-order valence-electron chi connectivity index (χ1n) is 4.78. The van der Waals surface area contributed by atoms with E-state index in [1.54, 1.807) is 26.2 Å². The molecule has 5 heteroatoms. The summed E-state index contributed by atoms with van der Waals surface area (Å²) in [4.78, 5) is 11.8. The number of aromatic amines is 1. The lowest BCUT2D eigenvalue weighted by Gasteiger charge is -2.08. The van der Waals surface area contributed by atoms with Crippen molar-refractivity contribution < 1.29 is 9.47 Å². The summed E-state index contributed by atoms with van der Waals surface area (Å²) in [5, 5.41) is 7.25. The van der Waals surface area contributed by atoms with Gasteiger partial charge in [-0.3, -0.25) is 9.89 Å². The van der Waals surface area contributed by atoms with Gasteiger partial charge in [-0.15, -0.1) is 0 Å². The average molecular weight is 220 g/mol. The maximum absolute atomic E-state index is 11.8. The Hall–Kier alpha value is -2.04. The monoisotopic (exact) mass is 220 g/mol. The molecule has 0 aliphatic carbocycles. The van der Waals surface area contributed by atoms with Crippen molar-refractivity contribution in [3.63, 3.8) is 0 Å². The predicted molar refractivity (Wildman–Crippen MR) is 60.2 cm³/mol. The standard InChI is InChI=1S/C11H12N2O3/c1-6-11(14)7-4-9(15-2)10(16-3)5-8(7)13-12-6/h4-5H,1-3H3,(H,13,14). The maximum atomic E-state index is 11.8. The molecule has 16 heavy (non-hydrogen) atoms. The van der Waals surface area contributed by atoms with E-state index in [2.05, 4.69) is 10.2 Å². The van der Waals surface area contributed by atoms with Gasteiger partial charge in [0.15, 0.2) is 11.5 Å². The Morgan fingerprint density at radius 3 is 2.44 bits per heavy atom. The Labute approximate surface area is 92.0 Å². The molecule has 0 spiro atoms. The molecular formula is C11H12N2O3. The van der Waals surface area contributed by atoms with Crippen molar-refractivity contribution in [3.8, 4) is 11.5 Å². The number of benzene rings is 1. The highest BCUT2D eigenvalue weighted by atomic mass is 16.5. The molecule has 0 unspecified atom stereocenters. The van der Waals surface area contributed by atoms with Crippen molar-refractivity contribution in [1.82, 2.24) is 10.2 Å². The molecule has 5 nitrogen and oxygen atoms in total. The zero-order chi connectivity index (χ0) is 11.7. The van der Waals surface area contributed by atoms with Crippen LogP contribution in [0.1, 0.15) is 5.69 Å². The second kappa shape index (κ2) is 3.84. The van der Waals surface area contributed by atoms with E-state index in [0.29, 0.717) is 28.1 Å². The van der Waals surface area contributed by atoms with E-state index >= 15 is 0 Å². The summed E-state index contributed by atoms with van der Waals surface area (Å²) in [6, 6.07) is 3.35. The van der Waals surface area contributed by atoms with Crippen LogP contribution in [0.4, 0.5) is 0 Å². The SMILES string of the molecule is COc1cc2[nH]nc(C)c(=O)c2cc1OC. The quantitative estimate of drug-likeness (QED) is 0.827. The fraction of sp³-hybridized carbons (Fsp3) is 0.273. The lowest BCUT2D eigenvalue weighted by Crippen LogP contribution is -2.10. The molecule has 84 valence electrons. The topological polar surface area (TPSA) is 64.2 Å². The zero-order valence-corrected chi connectivity index (χ0v) is 9.33. The van der Waals surface area contributed by atoms with Crippen molar-refractivity contribution in [2.45, 2.75) is 6.92 Å². The Kier molecular flexibility index (Phi) is 2.52. The first-order valence-corrected chi connectivity index (χ1v) is 4.78. The molecule has 0 saturated heterocycles. The van der Waals surface area contributed by atoms with Gasteiger partial charge in [0.25, 0.3) is 0 Å². The van der Waals surface area contributed by atoms with Gasteiger partial charge in [-0.05, 0) is 13.0 Å². The van der Waals surface area contributed by atoms with Crippen LogP contribution in [0.25, 0.3) is 10.9 Å². The molecule has 0 radical (unpaired) electrons. The number of ether oxygens (including phenoxy) is 2. The zero-order valence-electron chi connectivity index (χ0n) is 9.33. The highest BCUT2D eigenvalue weighted by Crippen LogP contribution is 2.29. The number of aromatic nitrogens is 2. The molecule has 0 saturated carbocycles. The van der Waals surface area contributed by atoms with E-state index in [4.69, 9.17) is 9.47 Å². The summed E-state index contributed by atoms with van der Waals surface area (Å²) < 4.78 is 10.3. The van der Waals surface area contributed by atoms with Gasteiger partial charge in [0.1, 0.15) is 5.69 Å². The molecule has 1 N–H and O–H groups in total. The van der Waals surface area contributed by atoms with Gasteiger partial charge in [-0.25, -0.2) is 0 Å². The number of methoxy groups -OCH3 is 2. The van der Waals surface area contributed by atoms with Gasteiger partial charge in [0.05, 0.1) is 25.1 Å². The third-order valence-corrected chi connectivity index (χ3v) is 2.44. The number of H-pyrrole nitrogens is 1. The largest absolute Gasteiger partial charge is 0.493 e. The molecule has 2 aromatic rings. The van der Waals surface area contributed by atoms with Crippen molar-refractivity contribution in [2.75, 3.05) is 14.2 Å². The van der Waals surface area contributed by atoms with E-state index in [1.807, 2.05) is 0 Å². The molecule has 1 aromatic carbocycles. The average Bonchev–Trinajstić information content (AvgIpc) is 2.32. The minimum atomic E-state index is -0.102. The van der Waals surface area contributed by atoms with Crippen LogP contribution in [0.3, 0.4) is 0 Å². The van der Waals surface area contributed by atoms with Crippen molar-refractivity contribution in [2.24, 2.45) is 0 Å². The van der Waals surface area contributed by atoms with E-state index in [-0.39, 0.29) is 5.43 Å². The van der Waals surface area contributed by atoms with Crippen molar-refractivity contribution in [1.29, 1.82) is 0 Å². The van der Waals surface area contributed by atoms with E-state index in [0.717, 1.165) is 0 Å². The molecule has 0 aliphatic heterocycles. The Balaban J connectivity index is 2.84. The number of hydrogen-bond acceptors (Lipinski definition) is 4. The van der Waals surface area contributed by atoms with Crippen LogP contribution < -0.4 is 14.9 Å². The van der Waals surface area contributed by atoms with Crippen LogP contribution in [0.15, 0.2) is 16.9 Å².